The molecule has 0 N–H and O–H groups in total. The Bertz CT molecular complexity index is 244. The number of rotatable bonds is 3. The van der Waals surface area contributed by atoms with Crippen LogP contribution in [-0.4, -0.2) is 23.6 Å². The molecule has 0 radical (unpaired) electrons. The van der Waals surface area contributed by atoms with Crippen LogP contribution in [0.25, 0.3) is 5.32 Å². The Kier molecular flexibility index (Phi) is 8.31. The van der Waals surface area contributed by atoms with Gasteiger partial charge in [0.2, 0.25) is 0 Å². The molecule has 0 saturated heterocycles. The van der Waals surface area contributed by atoms with Crippen molar-refractivity contribution < 1.29 is 32.6 Å². The van der Waals surface area contributed by atoms with Crippen LogP contribution >= 0.6 is 0 Å². The number of nitrogens with zero attached hydrogens (tertiary/aromatic N) is 2. The summed E-state index contributed by atoms with van der Waals surface area (Å²) in [5.41, 5.74) is -0.390. The van der Waals surface area contributed by atoms with Gasteiger partial charge in [0.1, 0.15) is 0 Å². The summed E-state index contributed by atoms with van der Waals surface area (Å²) in [4.78, 5) is 4.20. The molecule has 0 aromatic carbocycles. The fraction of sp³-hybridized carbons (Fsp3) is 0.909. The quantitative estimate of drug-likeness (QED) is 0.422. The second-order valence-electron chi connectivity index (χ2n) is 4.80. The summed E-state index contributed by atoms with van der Waals surface area (Å²) in [5, 5.41) is 3.65. The van der Waals surface area contributed by atoms with Gasteiger partial charge in [0, 0.05) is 19.5 Å². The largest absolute Gasteiger partial charge is 0.463 e. The van der Waals surface area contributed by atoms with E-state index < -0.39 is 12.2 Å². The van der Waals surface area contributed by atoms with Crippen LogP contribution in [0.4, 0.5) is 13.2 Å². The maximum Gasteiger partial charge on any atom is 0.390 e. The summed E-state index contributed by atoms with van der Waals surface area (Å²) in [6.07, 6.45) is -3.06. The normalized spacial score (nSPS) is 15.2. The predicted molar refractivity (Wildman–Crippen MR) is 61.0 cm³/mol. The first-order valence-electron chi connectivity index (χ1n) is 5.42. The number of hydrogen-bond donors (Lipinski definition) is 0. The standard InChI is InChI=1S/C11H20F3N2.Zn/c1-6-7-9(16-10(3,4)5)15-8(2)11(12,13)14;/h8H,6-7H2,1-5H3;/q-1;. The van der Waals surface area contributed by atoms with Gasteiger partial charge >= 0.3 is 6.18 Å². The van der Waals surface area contributed by atoms with Crippen LogP contribution in [0.2, 0.25) is 0 Å². The van der Waals surface area contributed by atoms with E-state index in [2.05, 4.69) is 10.3 Å². The Morgan fingerprint density at radius 2 is 1.71 bits per heavy atom. The molecule has 0 aliphatic heterocycles. The smallest absolute Gasteiger partial charge is 0.390 e. The molecule has 0 saturated carbocycles. The molecule has 0 aromatic heterocycles. The fourth-order valence-corrected chi connectivity index (χ4v) is 1.06. The fourth-order valence-electron chi connectivity index (χ4n) is 1.06. The Labute approximate surface area is 114 Å². The number of halogens is 3. The van der Waals surface area contributed by atoms with E-state index in [4.69, 9.17) is 0 Å². The zero-order valence-electron chi connectivity index (χ0n) is 11.2. The maximum atomic E-state index is 12.3. The summed E-state index contributed by atoms with van der Waals surface area (Å²) in [7, 11) is 0. The molecular formula is C11H20F3N2Zn-. The minimum absolute atomic E-state index is 0. The van der Waals surface area contributed by atoms with Gasteiger partial charge < -0.3 is 10.3 Å². The van der Waals surface area contributed by atoms with Crippen molar-refractivity contribution in [1.29, 1.82) is 0 Å². The Morgan fingerprint density at radius 1 is 1.24 bits per heavy atom. The van der Waals surface area contributed by atoms with Gasteiger partial charge in [-0.2, -0.15) is 13.2 Å². The first-order chi connectivity index (χ1) is 7.06. The molecule has 0 spiro atoms. The first kappa shape index (κ1) is 19.2. The number of amidine groups is 1. The molecule has 0 fully saturated rings. The van der Waals surface area contributed by atoms with Gasteiger partial charge in [0.15, 0.2) is 0 Å². The Balaban J connectivity index is 0. The molecule has 0 bridgehead atoms. The molecule has 0 aliphatic rings. The van der Waals surface area contributed by atoms with E-state index in [1.807, 2.05) is 27.7 Å². The summed E-state index contributed by atoms with van der Waals surface area (Å²) in [6, 6.07) is -1.68. The molecule has 0 rings (SSSR count). The van der Waals surface area contributed by atoms with Crippen molar-refractivity contribution in [2.75, 3.05) is 0 Å². The van der Waals surface area contributed by atoms with Crippen molar-refractivity contribution in [2.24, 2.45) is 4.99 Å². The average Bonchev–Trinajstić information content (AvgIpc) is 1.99. The molecule has 98 valence electrons. The van der Waals surface area contributed by atoms with Crippen LogP contribution < -0.4 is 0 Å². The van der Waals surface area contributed by atoms with E-state index >= 15 is 0 Å². The third-order valence-electron chi connectivity index (χ3n) is 1.75. The van der Waals surface area contributed by atoms with Gasteiger partial charge in [0.25, 0.3) is 0 Å². The molecule has 0 aromatic rings. The van der Waals surface area contributed by atoms with Gasteiger partial charge in [-0.3, -0.25) is 0 Å². The molecule has 0 heterocycles. The van der Waals surface area contributed by atoms with E-state index in [1.165, 1.54) is 0 Å². The van der Waals surface area contributed by atoms with E-state index in [1.54, 1.807) is 0 Å². The van der Waals surface area contributed by atoms with Crippen molar-refractivity contribution in [2.45, 2.75) is 65.2 Å². The van der Waals surface area contributed by atoms with Crippen LogP contribution in [0.5, 0.6) is 0 Å². The summed E-state index contributed by atoms with van der Waals surface area (Å²) < 4.78 is 37.0. The number of alkyl halides is 3. The molecule has 0 aliphatic carbocycles. The molecule has 2 nitrogen and oxygen atoms in total. The van der Waals surface area contributed by atoms with Gasteiger partial charge in [0.05, 0.1) is 6.04 Å². The Hall–Kier alpha value is -0.117. The van der Waals surface area contributed by atoms with E-state index in [-0.39, 0.29) is 25.0 Å². The van der Waals surface area contributed by atoms with E-state index in [0.29, 0.717) is 12.3 Å². The van der Waals surface area contributed by atoms with Crippen LogP contribution in [0.3, 0.4) is 0 Å². The monoisotopic (exact) mass is 301 g/mol. The third-order valence-corrected chi connectivity index (χ3v) is 1.75. The molecule has 1 unspecified atom stereocenters. The number of hydrogen-bond acceptors (Lipinski definition) is 1. The van der Waals surface area contributed by atoms with Gasteiger partial charge in [-0.15, -0.1) is 0 Å². The van der Waals surface area contributed by atoms with Crippen LogP contribution in [0.1, 0.15) is 47.5 Å². The van der Waals surface area contributed by atoms with E-state index in [0.717, 1.165) is 13.3 Å². The van der Waals surface area contributed by atoms with Crippen LogP contribution in [0.15, 0.2) is 4.99 Å². The maximum absolute atomic E-state index is 12.3. The second-order valence-corrected chi connectivity index (χ2v) is 4.80. The molecular weight excluding hydrogens is 283 g/mol. The molecule has 6 heteroatoms. The van der Waals surface area contributed by atoms with E-state index in [9.17, 15) is 13.2 Å². The zero-order chi connectivity index (χ0) is 13.0. The van der Waals surface area contributed by atoms with Crippen molar-refractivity contribution in [3.8, 4) is 0 Å². The Morgan fingerprint density at radius 3 is 2.00 bits per heavy atom. The molecule has 17 heavy (non-hydrogen) atoms. The predicted octanol–water partition coefficient (Wildman–Crippen LogP) is 4.31. The minimum Gasteiger partial charge on any atom is -0.463 e. The van der Waals surface area contributed by atoms with Gasteiger partial charge in [-0.25, -0.2) is 0 Å². The SMILES string of the molecule is CCCC(=NC(C)(C)C)[N-]C(C)C(F)(F)F.[Zn]. The third kappa shape index (κ3) is 9.57. The van der Waals surface area contributed by atoms with Crippen LogP contribution in [-0.2, 0) is 19.5 Å². The van der Waals surface area contributed by atoms with Crippen molar-refractivity contribution in [3.05, 3.63) is 5.32 Å². The summed E-state index contributed by atoms with van der Waals surface area (Å²) in [5.74, 6) is 0.305. The first-order valence-corrected chi connectivity index (χ1v) is 5.42. The van der Waals surface area contributed by atoms with Crippen LogP contribution in [0, 0.1) is 0 Å². The number of aliphatic imine (C=N–C) groups is 1. The van der Waals surface area contributed by atoms with Crippen molar-refractivity contribution in [3.63, 3.8) is 0 Å². The zero-order valence-corrected chi connectivity index (χ0v) is 14.2. The van der Waals surface area contributed by atoms with Crippen molar-refractivity contribution >= 4 is 5.84 Å². The van der Waals surface area contributed by atoms with Gasteiger partial charge in [-0.05, 0) is 12.0 Å². The molecule has 0 amide bonds. The van der Waals surface area contributed by atoms with Crippen molar-refractivity contribution in [1.82, 2.24) is 0 Å². The van der Waals surface area contributed by atoms with Gasteiger partial charge in [-0.1, -0.05) is 46.9 Å². The topological polar surface area (TPSA) is 26.5 Å². The average molecular weight is 303 g/mol. The molecule has 1 atom stereocenters. The summed E-state index contributed by atoms with van der Waals surface area (Å²) in [6.45, 7) is 8.48. The second kappa shape index (κ2) is 7.35. The summed E-state index contributed by atoms with van der Waals surface area (Å²) >= 11 is 0. The minimum atomic E-state index is -4.29.